The van der Waals surface area contributed by atoms with E-state index in [9.17, 15) is 4.79 Å². The van der Waals surface area contributed by atoms with E-state index in [0.29, 0.717) is 18.9 Å². The van der Waals surface area contributed by atoms with Gasteiger partial charge in [-0.05, 0) is 44.4 Å². The van der Waals surface area contributed by atoms with Gasteiger partial charge < -0.3 is 4.74 Å². The van der Waals surface area contributed by atoms with Gasteiger partial charge in [0.2, 0.25) is 0 Å². The van der Waals surface area contributed by atoms with Crippen molar-refractivity contribution in [2.45, 2.75) is 117 Å². The maximum atomic E-state index is 11.5. The van der Waals surface area contributed by atoms with Gasteiger partial charge in [0.05, 0.1) is 6.61 Å². The van der Waals surface area contributed by atoms with Gasteiger partial charge in [0.1, 0.15) is 0 Å². The molecule has 0 saturated carbocycles. The van der Waals surface area contributed by atoms with Crippen LogP contribution in [0, 0.1) is 5.92 Å². The van der Waals surface area contributed by atoms with E-state index in [2.05, 4.69) is 32.9 Å². The molecule has 2 heteroatoms. The molecule has 25 heavy (non-hydrogen) atoms. The summed E-state index contributed by atoms with van der Waals surface area (Å²) in [5.74, 6) is 0.589. The zero-order chi connectivity index (χ0) is 18.6. The first kappa shape index (κ1) is 24.2. The van der Waals surface area contributed by atoms with Gasteiger partial charge in [0, 0.05) is 6.42 Å². The van der Waals surface area contributed by atoms with Gasteiger partial charge in [0.25, 0.3) is 0 Å². The average Bonchev–Trinajstić information content (AvgIpc) is 2.58. The highest BCUT2D eigenvalue weighted by Gasteiger charge is 2.03. The molecule has 0 spiro atoms. The average molecular weight is 353 g/mol. The van der Waals surface area contributed by atoms with Gasteiger partial charge >= 0.3 is 5.97 Å². The van der Waals surface area contributed by atoms with Crippen molar-refractivity contribution >= 4 is 5.97 Å². The number of hydrogen-bond acceptors (Lipinski definition) is 2. The number of allylic oxidation sites excluding steroid dienone is 2. The van der Waals surface area contributed by atoms with Gasteiger partial charge in [-0.25, -0.2) is 0 Å². The smallest absolute Gasteiger partial charge is 0.305 e. The predicted molar refractivity (Wildman–Crippen MR) is 110 cm³/mol. The van der Waals surface area contributed by atoms with E-state index in [0.717, 1.165) is 19.3 Å². The summed E-state index contributed by atoms with van der Waals surface area (Å²) in [7, 11) is 0. The van der Waals surface area contributed by atoms with Gasteiger partial charge in [-0.3, -0.25) is 4.79 Å². The van der Waals surface area contributed by atoms with Crippen molar-refractivity contribution in [1.29, 1.82) is 0 Å². The summed E-state index contributed by atoms with van der Waals surface area (Å²) in [4.78, 5) is 11.5. The van der Waals surface area contributed by atoms with E-state index < -0.39 is 0 Å². The fourth-order valence-corrected chi connectivity index (χ4v) is 2.82. The highest BCUT2D eigenvalue weighted by molar-refractivity contribution is 5.69. The number of rotatable bonds is 18. The molecule has 0 bridgehead atoms. The second-order valence-corrected chi connectivity index (χ2v) is 7.74. The second-order valence-electron chi connectivity index (χ2n) is 7.74. The van der Waals surface area contributed by atoms with Crippen molar-refractivity contribution in [3.63, 3.8) is 0 Å². The Bertz CT molecular complexity index is 307. The van der Waals surface area contributed by atoms with Crippen LogP contribution in [-0.2, 0) is 9.53 Å². The van der Waals surface area contributed by atoms with Crippen LogP contribution >= 0.6 is 0 Å². The van der Waals surface area contributed by atoms with Gasteiger partial charge in [0.15, 0.2) is 0 Å². The molecule has 0 aliphatic heterocycles. The first-order valence-corrected chi connectivity index (χ1v) is 11.0. The highest BCUT2D eigenvalue weighted by atomic mass is 16.5. The summed E-state index contributed by atoms with van der Waals surface area (Å²) in [6.07, 6.45) is 23.0. The van der Waals surface area contributed by atoms with E-state index in [1.807, 2.05) is 0 Å². The summed E-state index contributed by atoms with van der Waals surface area (Å²) in [5, 5.41) is 0. The van der Waals surface area contributed by atoms with Crippen molar-refractivity contribution in [2.75, 3.05) is 6.61 Å². The van der Waals surface area contributed by atoms with Crippen molar-refractivity contribution in [3.05, 3.63) is 12.2 Å². The molecule has 0 unspecified atom stereocenters. The standard InChI is InChI=1S/C23H44O2/c1-4-5-6-7-8-9-10-11-12-13-14-15-16-17-18-19-23(24)25-21-20-22(2)3/h11-12,22H,4-10,13-21H2,1-3H3. The topological polar surface area (TPSA) is 26.3 Å². The number of carbonyl (C=O) groups excluding carboxylic acids is 1. The third-order valence-corrected chi connectivity index (χ3v) is 4.60. The zero-order valence-electron chi connectivity index (χ0n) is 17.4. The molecule has 0 aliphatic rings. The Morgan fingerprint density at radius 1 is 0.800 bits per heavy atom. The molecule has 0 heterocycles. The Hall–Kier alpha value is -0.790. The summed E-state index contributed by atoms with van der Waals surface area (Å²) in [5.41, 5.74) is 0. The van der Waals surface area contributed by atoms with Gasteiger partial charge in [-0.2, -0.15) is 0 Å². The third kappa shape index (κ3) is 21.2. The predicted octanol–water partition coefficient (Wildman–Crippen LogP) is 7.61. The fourth-order valence-electron chi connectivity index (χ4n) is 2.82. The number of ether oxygens (including phenoxy) is 1. The number of esters is 1. The first-order chi connectivity index (χ1) is 12.2. The quantitative estimate of drug-likeness (QED) is 0.144. The Balaban J connectivity index is 3.20. The van der Waals surface area contributed by atoms with E-state index >= 15 is 0 Å². The first-order valence-electron chi connectivity index (χ1n) is 11.0. The molecule has 0 aliphatic carbocycles. The van der Waals surface area contributed by atoms with Crippen LogP contribution in [0.1, 0.15) is 117 Å². The Morgan fingerprint density at radius 3 is 1.88 bits per heavy atom. The van der Waals surface area contributed by atoms with Crippen molar-refractivity contribution in [3.8, 4) is 0 Å². The maximum absolute atomic E-state index is 11.5. The lowest BCUT2D eigenvalue weighted by Crippen LogP contribution is -2.07. The summed E-state index contributed by atoms with van der Waals surface area (Å²) >= 11 is 0. The molecule has 0 atom stereocenters. The molecule has 0 N–H and O–H groups in total. The van der Waals surface area contributed by atoms with Crippen LogP contribution < -0.4 is 0 Å². The summed E-state index contributed by atoms with van der Waals surface area (Å²) < 4.78 is 5.22. The zero-order valence-corrected chi connectivity index (χ0v) is 17.4. The minimum atomic E-state index is -0.0155. The molecule has 0 saturated heterocycles. The number of unbranched alkanes of at least 4 members (excludes halogenated alkanes) is 11. The summed E-state index contributed by atoms with van der Waals surface area (Å²) in [6.45, 7) is 7.16. The molecule has 0 aromatic carbocycles. The lowest BCUT2D eigenvalue weighted by molar-refractivity contribution is -0.144. The van der Waals surface area contributed by atoms with Crippen LogP contribution in [-0.4, -0.2) is 12.6 Å². The lowest BCUT2D eigenvalue weighted by atomic mass is 10.1. The lowest BCUT2D eigenvalue weighted by Gasteiger charge is -2.06. The van der Waals surface area contributed by atoms with Crippen molar-refractivity contribution in [1.82, 2.24) is 0 Å². The maximum Gasteiger partial charge on any atom is 0.305 e. The largest absolute Gasteiger partial charge is 0.466 e. The van der Waals surface area contributed by atoms with Crippen LogP contribution in [0.2, 0.25) is 0 Å². The SMILES string of the molecule is CCCCCCCCC=CCCCCCCCC(=O)OCCC(C)C. The molecule has 0 fully saturated rings. The Labute approximate surface area is 157 Å². The van der Waals surface area contributed by atoms with E-state index in [1.165, 1.54) is 70.6 Å². The molecular formula is C23H44O2. The van der Waals surface area contributed by atoms with Gasteiger partial charge in [-0.15, -0.1) is 0 Å². The number of carbonyl (C=O) groups is 1. The molecule has 0 aromatic heterocycles. The van der Waals surface area contributed by atoms with Crippen molar-refractivity contribution < 1.29 is 9.53 Å². The van der Waals surface area contributed by atoms with Gasteiger partial charge in [-0.1, -0.05) is 84.3 Å². The molecular weight excluding hydrogens is 308 g/mol. The molecule has 0 amide bonds. The molecule has 148 valence electrons. The van der Waals surface area contributed by atoms with Crippen LogP contribution in [0.25, 0.3) is 0 Å². The van der Waals surface area contributed by atoms with Crippen LogP contribution in [0.5, 0.6) is 0 Å². The minimum absolute atomic E-state index is 0.0155. The normalized spacial score (nSPS) is 11.5. The van der Waals surface area contributed by atoms with E-state index in [-0.39, 0.29) is 5.97 Å². The second kappa shape index (κ2) is 19.5. The molecule has 0 rings (SSSR count). The third-order valence-electron chi connectivity index (χ3n) is 4.60. The Kier molecular flexibility index (Phi) is 18.9. The monoisotopic (exact) mass is 352 g/mol. The van der Waals surface area contributed by atoms with E-state index in [1.54, 1.807) is 0 Å². The number of hydrogen-bond donors (Lipinski definition) is 0. The van der Waals surface area contributed by atoms with Crippen LogP contribution in [0.4, 0.5) is 0 Å². The molecule has 0 radical (unpaired) electrons. The van der Waals surface area contributed by atoms with Crippen LogP contribution in [0.3, 0.4) is 0 Å². The summed E-state index contributed by atoms with van der Waals surface area (Å²) in [6, 6.07) is 0. The molecule has 2 nitrogen and oxygen atoms in total. The minimum Gasteiger partial charge on any atom is -0.466 e. The Morgan fingerprint density at radius 2 is 1.32 bits per heavy atom. The fraction of sp³-hybridized carbons (Fsp3) is 0.870. The van der Waals surface area contributed by atoms with Crippen LogP contribution in [0.15, 0.2) is 12.2 Å². The molecule has 0 aromatic rings. The van der Waals surface area contributed by atoms with Crippen molar-refractivity contribution in [2.24, 2.45) is 5.92 Å². The highest BCUT2D eigenvalue weighted by Crippen LogP contribution is 2.10. The van der Waals surface area contributed by atoms with E-state index in [4.69, 9.17) is 4.74 Å².